The summed E-state index contributed by atoms with van der Waals surface area (Å²) in [5, 5.41) is 14.3. The molecule has 8 heteroatoms. The van der Waals surface area contributed by atoms with E-state index in [-0.39, 0.29) is 16.3 Å². The van der Waals surface area contributed by atoms with E-state index in [0.29, 0.717) is 25.3 Å². The number of rotatable bonds is 5. The maximum Gasteiger partial charge on any atom is 0.194 e. The molecule has 0 saturated carbocycles. The fourth-order valence-corrected chi connectivity index (χ4v) is 2.14. The lowest BCUT2D eigenvalue weighted by atomic mass is 10.1. The van der Waals surface area contributed by atoms with Crippen molar-refractivity contribution in [3.63, 3.8) is 0 Å². The lowest BCUT2D eigenvalue weighted by Crippen LogP contribution is -2.14. The van der Waals surface area contributed by atoms with Gasteiger partial charge in [0.25, 0.3) is 0 Å². The summed E-state index contributed by atoms with van der Waals surface area (Å²) >= 11 is 5.93. The van der Waals surface area contributed by atoms with Gasteiger partial charge >= 0.3 is 0 Å². The van der Waals surface area contributed by atoms with Gasteiger partial charge in [0, 0.05) is 7.11 Å². The highest BCUT2D eigenvalue weighted by atomic mass is 35.5. The van der Waals surface area contributed by atoms with Crippen LogP contribution in [0.2, 0.25) is 5.02 Å². The predicted octanol–water partition coefficient (Wildman–Crippen LogP) is 2.68. The number of hydrogen-bond donors (Lipinski definition) is 1. The molecule has 1 aromatic carbocycles. The molecule has 1 aromatic heterocycles. The van der Waals surface area contributed by atoms with Crippen molar-refractivity contribution in [1.82, 2.24) is 9.78 Å². The summed E-state index contributed by atoms with van der Waals surface area (Å²) in [6, 6.07) is 1.43. The van der Waals surface area contributed by atoms with Gasteiger partial charge in [0.1, 0.15) is 6.10 Å². The van der Waals surface area contributed by atoms with E-state index in [0.717, 1.165) is 0 Å². The number of benzene rings is 1. The van der Waals surface area contributed by atoms with Crippen molar-refractivity contribution in [3.05, 3.63) is 52.1 Å². The number of aromatic nitrogens is 2. The van der Waals surface area contributed by atoms with Crippen LogP contribution in [0.25, 0.3) is 0 Å². The number of halogens is 4. The molecular formula is C13H12ClF3N2O2. The van der Waals surface area contributed by atoms with E-state index in [4.69, 9.17) is 16.3 Å². The molecule has 0 bridgehead atoms. The molecule has 21 heavy (non-hydrogen) atoms. The summed E-state index contributed by atoms with van der Waals surface area (Å²) in [6.07, 6.45) is -0.145. The van der Waals surface area contributed by atoms with Gasteiger partial charge in [0.05, 0.1) is 30.1 Å². The van der Waals surface area contributed by atoms with Crippen molar-refractivity contribution >= 4 is 11.6 Å². The second-order valence-electron chi connectivity index (χ2n) is 4.29. The van der Waals surface area contributed by atoms with E-state index in [1.165, 1.54) is 18.0 Å². The molecule has 4 nitrogen and oxygen atoms in total. The molecule has 0 saturated heterocycles. The molecule has 0 amide bonds. The molecule has 2 rings (SSSR count). The fraction of sp³-hybridized carbons (Fsp3) is 0.308. The Labute approximate surface area is 123 Å². The number of ether oxygens (including phenoxy) is 1. The van der Waals surface area contributed by atoms with Crippen LogP contribution in [-0.4, -0.2) is 28.6 Å². The van der Waals surface area contributed by atoms with Gasteiger partial charge in [0.15, 0.2) is 17.5 Å². The third kappa shape index (κ3) is 3.20. The smallest absolute Gasteiger partial charge is 0.194 e. The minimum absolute atomic E-state index is 0.128. The first-order valence-electron chi connectivity index (χ1n) is 5.98. The third-order valence-electron chi connectivity index (χ3n) is 2.92. The van der Waals surface area contributed by atoms with Crippen LogP contribution < -0.4 is 0 Å². The van der Waals surface area contributed by atoms with Crippen molar-refractivity contribution in [1.29, 1.82) is 0 Å². The zero-order valence-corrected chi connectivity index (χ0v) is 11.7. The van der Waals surface area contributed by atoms with Gasteiger partial charge in [0.2, 0.25) is 0 Å². The lowest BCUT2D eigenvalue weighted by molar-refractivity contribution is 0.171. The van der Waals surface area contributed by atoms with Crippen molar-refractivity contribution in [2.45, 2.75) is 12.6 Å². The summed E-state index contributed by atoms with van der Waals surface area (Å²) in [5.41, 5.74) is -0.00779. The Morgan fingerprint density at radius 3 is 2.52 bits per heavy atom. The average molecular weight is 321 g/mol. The van der Waals surface area contributed by atoms with Crippen molar-refractivity contribution in [2.75, 3.05) is 13.7 Å². The monoisotopic (exact) mass is 320 g/mol. The lowest BCUT2D eigenvalue weighted by Gasteiger charge is -2.15. The number of methoxy groups -OCH3 is 1. The molecule has 0 fully saturated rings. The Morgan fingerprint density at radius 1 is 1.33 bits per heavy atom. The standard InChI is InChI=1S/C13H12ClF3N2O2/c1-21-3-2-19-12(8(14)6-18-19)13(20)7-4-9(15)11(17)10(16)5-7/h4-6,13,20H,2-3H2,1H3. The maximum atomic E-state index is 13.2. The van der Waals surface area contributed by atoms with Crippen LogP contribution >= 0.6 is 11.6 Å². The van der Waals surface area contributed by atoms with Crippen LogP contribution in [0, 0.1) is 17.5 Å². The van der Waals surface area contributed by atoms with Crippen molar-refractivity contribution in [2.24, 2.45) is 0 Å². The van der Waals surface area contributed by atoms with E-state index < -0.39 is 23.6 Å². The van der Waals surface area contributed by atoms with Gasteiger partial charge in [-0.25, -0.2) is 13.2 Å². The van der Waals surface area contributed by atoms with Crippen LogP contribution in [0.5, 0.6) is 0 Å². The molecule has 1 atom stereocenters. The van der Waals surface area contributed by atoms with E-state index in [2.05, 4.69) is 5.10 Å². The Hall–Kier alpha value is -1.57. The fourth-order valence-electron chi connectivity index (χ4n) is 1.89. The average Bonchev–Trinajstić information content (AvgIpc) is 2.82. The quantitative estimate of drug-likeness (QED) is 0.862. The van der Waals surface area contributed by atoms with Crippen LogP contribution in [0.15, 0.2) is 18.3 Å². The third-order valence-corrected chi connectivity index (χ3v) is 3.21. The summed E-state index contributed by atoms with van der Waals surface area (Å²) in [5.74, 6) is -4.36. The van der Waals surface area contributed by atoms with E-state index in [1.54, 1.807) is 0 Å². The minimum atomic E-state index is -1.59. The second-order valence-corrected chi connectivity index (χ2v) is 4.70. The Bertz CT molecular complexity index is 625. The molecule has 1 N–H and O–H groups in total. The molecule has 0 aliphatic rings. The number of aliphatic hydroxyl groups is 1. The number of hydrogen-bond acceptors (Lipinski definition) is 3. The molecule has 0 aliphatic carbocycles. The molecule has 2 aromatic rings. The molecule has 1 unspecified atom stereocenters. The van der Waals surface area contributed by atoms with Crippen LogP contribution in [0.4, 0.5) is 13.2 Å². The highest BCUT2D eigenvalue weighted by molar-refractivity contribution is 6.31. The maximum absolute atomic E-state index is 13.2. The molecule has 1 heterocycles. The summed E-state index contributed by atoms with van der Waals surface area (Å²) in [4.78, 5) is 0. The zero-order valence-electron chi connectivity index (χ0n) is 11.0. The van der Waals surface area contributed by atoms with Gasteiger partial charge in [-0.2, -0.15) is 5.10 Å². The van der Waals surface area contributed by atoms with Crippen LogP contribution in [0.3, 0.4) is 0 Å². The van der Waals surface area contributed by atoms with Gasteiger partial charge < -0.3 is 9.84 Å². The normalized spacial score (nSPS) is 12.7. The molecule has 0 spiro atoms. The van der Waals surface area contributed by atoms with E-state index in [1.807, 2.05) is 0 Å². The van der Waals surface area contributed by atoms with Gasteiger partial charge in [-0.1, -0.05) is 11.6 Å². The van der Waals surface area contributed by atoms with Crippen molar-refractivity contribution in [3.8, 4) is 0 Å². The molecule has 114 valence electrons. The largest absolute Gasteiger partial charge is 0.383 e. The Kier molecular flexibility index (Phi) is 4.87. The number of aliphatic hydroxyl groups excluding tert-OH is 1. The first-order valence-corrected chi connectivity index (χ1v) is 6.36. The Morgan fingerprint density at radius 2 is 1.95 bits per heavy atom. The minimum Gasteiger partial charge on any atom is -0.383 e. The highest BCUT2D eigenvalue weighted by Gasteiger charge is 2.22. The molecule has 0 radical (unpaired) electrons. The van der Waals surface area contributed by atoms with Gasteiger partial charge in [-0.15, -0.1) is 0 Å². The second kappa shape index (κ2) is 6.46. The summed E-state index contributed by atoms with van der Waals surface area (Å²) in [7, 11) is 1.49. The predicted molar refractivity (Wildman–Crippen MR) is 69.5 cm³/mol. The van der Waals surface area contributed by atoms with E-state index >= 15 is 0 Å². The number of nitrogens with zero attached hydrogens (tertiary/aromatic N) is 2. The summed E-state index contributed by atoms with van der Waals surface area (Å²) in [6.45, 7) is 0.603. The SMILES string of the molecule is COCCn1ncc(Cl)c1C(O)c1cc(F)c(F)c(F)c1. The summed E-state index contributed by atoms with van der Waals surface area (Å²) < 4.78 is 45.7. The van der Waals surface area contributed by atoms with E-state index in [9.17, 15) is 18.3 Å². The molecular weight excluding hydrogens is 309 g/mol. The Balaban J connectivity index is 2.40. The zero-order chi connectivity index (χ0) is 15.6. The first kappa shape index (κ1) is 15.8. The molecule has 0 aliphatic heterocycles. The highest BCUT2D eigenvalue weighted by Crippen LogP contribution is 2.29. The van der Waals surface area contributed by atoms with Crippen LogP contribution in [0.1, 0.15) is 17.4 Å². The van der Waals surface area contributed by atoms with Crippen molar-refractivity contribution < 1.29 is 23.0 Å². The first-order chi connectivity index (χ1) is 9.95. The topological polar surface area (TPSA) is 47.3 Å². The van der Waals surface area contributed by atoms with Crippen LogP contribution in [-0.2, 0) is 11.3 Å². The van der Waals surface area contributed by atoms with Gasteiger partial charge in [-0.3, -0.25) is 4.68 Å². The van der Waals surface area contributed by atoms with Gasteiger partial charge in [-0.05, 0) is 17.7 Å².